The molecule has 2 aliphatic heterocycles. The van der Waals surface area contributed by atoms with E-state index in [2.05, 4.69) is 60.0 Å². The predicted molar refractivity (Wildman–Crippen MR) is 141 cm³/mol. The van der Waals surface area contributed by atoms with Gasteiger partial charge in [0.15, 0.2) is 0 Å². The van der Waals surface area contributed by atoms with Gasteiger partial charge in [0.05, 0.1) is 5.92 Å². The van der Waals surface area contributed by atoms with Crippen LogP contribution in [0.4, 0.5) is 0 Å². The highest BCUT2D eigenvalue weighted by Crippen LogP contribution is 2.50. The molecule has 37 heavy (non-hydrogen) atoms. The van der Waals surface area contributed by atoms with E-state index in [-0.39, 0.29) is 17.9 Å². The van der Waals surface area contributed by atoms with E-state index in [0.29, 0.717) is 41.7 Å². The van der Waals surface area contributed by atoms with Crippen molar-refractivity contribution in [3.05, 3.63) is 65.3 Å². The second-order valence-electron chi connectivity index (χ2n) is 11.7. The fourth-order valence-corrected chi connectivity index (χ4v) is 6.02. The van der Waals surface area contributed by atoms with E-state index in [9.17, 15) is 9.90 Å². The van der Waals surface area contributed by atoms with Crippen LogP contribution in [0, 0.1) is 5.41 Å². The highest BCUT2D eigenvalue weighted by atomic mass is 16.5. The number of aromatic nitrogens is 3. The normalized spacial score (nSPS) is 21.5. The summed E-state index contributed by atoms with van der Waals surface area (Å²) in [4.78, 5) is 25.5. The molecule has 4 heterocycles. The van der Waals surface area contributed by atoms with E-state index in [1.165, 1.54) is 5.56 Å². The Labute approximate surface area is 218 Å². The summed E-state index contributed by atoms with van der Waals surface area (Å²) in [5, 5.41) is 16.7. The number of aliphatic hydroxyl groups is 1. The third-order valence-electron chi connectivity index (χ3n) is 8.09. The van der Waals surface area contributed by atoms with Crippen molar-refractivity contribution in [3.63, 3.8) is 0 Å². The van der Waals surface area contributed by atoms with Crippen LogP contribution < -0.4 is 0 Å². The third-order valence-corrected chi connectivity index (χ3v) is 8.09. The van der Waals surface area contributed by atoms with Crippen LogP contribution in [0.3, 0.4) is 0 Å². The SMILES string of the molecule is CC(C)c1ccc(C(O)(c2cncc(-c3noc([C@@H]4CC(=O)N(C(C)C)C4)n3)c2)C2(C)CN(C)C2)cc1. The van der Waals surface area contributed by atoms with E-state index < -0.39 is 11.0 Å². The predicted octanol–water partition coefficient (Wildman–Crippen LogP) is 4.17. The average molecular weight is 504 g/mol. The summed E-state index contributed by atoms with van der Waals surface area (Å²) in [5.41, 5.74) is 1.81. The number of rotatable bonds is 7. The van der Waals surface area contributed by atoms with Gasteiger partial charge in [0.1, 0.15) is 5.60 Å². The molecular weight excluding hydrogens is 466 g/mol. The Hall–Kier alpha value is -3.10. The molecule has 0 aliphatic carbocycles. The average Bonchev–Trinajstić information content (AvgIpc) is 3.50. The number of amides is 1. The Morgan fingerprint density at radius 3 is 2.41 bits per heavy atom. The standard InChI is InChI=1S/C29H37N5O3/c1-18(2)20-7-9-23(10-8-20)29(36,28(5)16-33(6)17-28)24-11-21(13-30-14-24)26-31-27(37-32-26)22-12-25(35)34(15-22)19(3)4/h7-11,13-14,18-19,22,36H,12,15-17H2,1-6H3/t22-,29?/m1/s1. The molecule has 3 aromatic rings. The molecule has 0 radical (unpaired) electrons. The smallest absolute Gasteiger partial charge is 0.232 e. The van der Waals surface area contributed by atoms with Gasteiger partial charge in [0, 0.05) is 61.0 Å². The summed E-state index contributed by atoms with van der Waals surface area (Å²) < 4.78 is 5.60. The molecule has 2 saturated heterocycles. The molecule has 1 unspecified atom stereocenters. The quantitative estimate of drug-likeness (QED) is 0.517. The van der Waals surface area contributed by atoms with Crippen LogP contribution in [-0.4, -0.2) is 68.7 Å². The first-order chi connectivity index (χ1) is 17.5. The van der Waals surface area contributed by atoms with E-state index in [1.807, 2.05) is 36.9 Å². The lowest BCUT2D eigenvalue weighted by atomic mass is 9.62. The molecule has 2 aromatic heterocycles. The van der Waals surface area contributed by atoms with Crippen LogP contribution in [0.1, 0.15) is 75.5 Å². The maximum atomic E-state index is 12.5. The van der Waals surface area contributed by atoms with Crippen LogP contribution >= 0.6 is 0 Å². The summed E-state index contributed by atoms with van der Waals surface area (Å²) >= 11 is 0. The van der Waals surface area contributed by atoms with Crippen molar-refractivity contribution < 1.29 is 14.4 Å². The minimum absolute atomic E-state index is 0.107. The molecule has 196 valence electrons. The Bertz CT molecular complexity index is 1280. The third kappa shape index (κ3) is 4.36. The lowest BCUT2D eigenvalue weighted by Gasteiger charge is -2.55. The van der Waals surface area contributed by atoms with Crippen molar-refractivity contribution in [2.45, 2.75) is 64.5 Å². The first-order valence-electron chi connectivity index (χ1n) is 13.1. The van der Waals surface area contributed by atoms with Gasteiger partial charge in [0.25, 0.3) is 0 Å². The van der Waals surface area contributed by atoms with Gasteiger partial charge in [-0.05, 0) is 44.0 Å². The van der Waals surface area contributed by atoms with Crippen LogP contribution in [-0.2, 0) is 10.4 Å². The molecule has 0 saturated carbocycles. The van der Waals surface area contributed by atoms with Crippen molar-refractivity contribution in [3.8, 4) is 11.4 Å². The lowest BCUT2D eigenvalue weighted by molar-refractivity contribution is -0.129. The van der Waals surface area contributed by atoms with Crippen molar-refractivity contribution >= 4 is 5.91 Å². The maximum Gasteiger partial charge on any atom is 0.232 e. The molecule has 0 bridgehead atoms. The summed E-state index contributed by atoms with van der Waals surface area (Å²) in [7, 11) is 2.06. The summed E-state index contributed by atoms with van der Waals surface area (Å²) in [5.74, 6) is 1.27. The zero-order chi connectivity index (χ0) is 26.5. The van der Waals surface area contributed by atoms with Crippen LogP contribution in [0.15, 0.2) is 47.2 Å². The summed E-state index contributed by atoms with van der Waals surface area (Å²) in [6, 6.07) is 10.3. The van der Waals surface area contributed by atoms with Crippen LogP contribution in [0.25, 0.3) is 11.4 Å². The number of hydrogen-bond donors (Lipinski definition) is 1. The van der Waals surface area contributed by atoms with Gasteiger partial charge in [-0.2, -0.15) is 4.98 Å². The zero-order valence-corrected chi connectivity index (χ0v) is 22.6. The molecule has 2 atom stereocenters. The minimum atomic E-state index is -1.25. The van der Waals surface area contributed by atoms with Gasteiger partial charge in [-0.15, -0.1) is 0 Å². The monoisotopic (exact) mass is 503 g/mol. The summed E-state index contributed by atoms with van der Waals surface area (Å²) in [6.07, 6.45) is 3.80. The molecule has 0 spiro atoms. The molecule has 8 heteroatoms. The summed E-state index contributed by atoms with van der Waals surface area (Å²) in [6.45, 7) is 12.6. The van der Waals surface area contributed by atoms with Gasteiger partial charge in [-0.1, -0.05) is 50.2 Å². The first-order valence-corrected chi connectivity index (χ1v) is 13.1. The molecular formula is C29H37N5O3. The van der Waals surface area contributed by atoms with E-state index in [4.69, 9.17) is 4.52 Å². The van der Waals surface area contributed by atoms with E-state index >= 15 is 0 Å². The molecule has 2 fully saturated rings. The number of likely N-dealkylation sites (tertiary alicyclic amines) is 2. The maximum absolute atomic E-state index is 12.5. The topological polar surface area (TPSA) is 95.6 Å². The number of pyridine rings is 1. The number of nitrogens with zero attached hydrogens (tertiary/aromatic N) is 5. The van der Waals surface area contributed by atoms with Gasteiger partial charge in [0.2, 0.25) is 17.6 Å². The molecule has 5 rings (SSSR count). The molecule has 1 N–H and O–H groups in total. The number of hydrogen-bond acceptors (Lipinski definition) is 7. The number of carbonyl (C=O) groups is 1. The second kappa shape index (κ2) is 9.33. The van der Waals surface area contributed by atoms with Crippen molar-refractivity contribution in [2.75, 3.05) is 26.7 Å². The van der Waals surface area contributed by atoms with Gasteiger partial charge in [-0.25, -0.2) is 0 Å². The number of benzene rings is 1. The van der Waals surface area contributed by atoms with E-state index in [1.54, 1.807) is 12.4 Å². The van der Waals surface area contributed by atoms with Crippen molar-refractivity contribution in [2.24, 2.45) is 5.41 Å². The van der Waals surface area contributed by atoms with Gasteiger partial charge >= 0.3 is 0 Å². The molecule has 1 aromatic carbocycles. The van der Waals surface area contributed by atoms with Crippen LogP contribution in [0.2, 0.25) is 0 Å². The first kappa shape index (κ1) is 25.5. The molecule has 1 amide bonds. The Balaban J connectivity index is 1.49. The highest BCUT2D eigenvalue weighted by Gasteiger charge is 2.55. The fraction of sp³-hybridized carbons (Fsp3) is 0.517. The Kier molecular flexibility index (Phi) is 6.44. The fourth-order valence-electron chi connectivity index (χ4n) is 6.02. The van der Waals surface area contributed by atoms with Gasteiger partial charge < -0.3 is 19.4 Å². The number of carbonyl (C=O) groups excluding carboxylic acids is 1. The van der Waals surface area contributed by atoms with Crippen molar-refractivity contribution in [1.29, 1.82) is 0 Å². The Morgan fingerprint density at radius 1 is 1.11 bits per heavy atom. The molecule has 2 aliphatic rings. The second-order valence-corrected chi connectivity index (χ2v) is 11.7. The van der Waals surface area contributed by atoms with E-state index in [0.717, 1.165) is 18.7 Å². The van der Waals surface area contributed by atoms with Crippen molar-refractivity contribution in [1.82, 2.24) is 24.9 Å². The minimum Gasteiger partial charge on any atom is -0.380 e. The van der Waals surface area contributed by atoms with Gasteiger partial charge in [-0.3, -0.25) is 9.78 Å². The zero-order valence-electron chi connectivity index (χ0n) is 22.6. The largest absolute Gasteiger partial charge is 0.380 e. The molecule has 8 nitrogen and oxygen atoms in total. The Morgan fingerprint density at radius 2 is 1.81 bits per heavy atom. The lowest BCUT2D eigenvalue weighted by Crippen LogP contribution is -2.63. The highest BCUT2D eigenvalue weighted by molar-refractivity contribution is 5.79. The van der Waals surface area contributed by atoms with Crippen LogP contribution in [0.5, 0.6) is 0 Å².